The zero-order chi connectivity index (χ0) is 21.3. The fraction of sp³-hybridized carbons (Fsp3) is 0.391. The number of morpholine rings is 1. The summed E-state index contributed by atoms with van der Waals surface area (Å²) >= 11 is 1.81. The first kappa shape index (κ1) is 21.5. The van der Waals surface area contributed by atoms with Crippen LogP contribution in [0.25, 0.3) is 0 Å². The molecule has 0 bridgehead atoms. The van der Waals surface area contributed by atoms with E-state index in [4.69, 9.17) is 4.74 Å². The fourth-order valence-electron chi connectivity index (χ4n) is 3.80. The quantitative estimate of drug-likeness (QED) is 0.418. The molecule has 1 fully saturated rings. The van der Waals surface area contributed by atoms with Crippen molar-refractivity contribution in [3.05, 3.63) is 76.2 Å². The average Bonchev–Trinajstić information content (AvgIpc) is 3.52. The summed E-state index contributed by atoms with van der Waals surface area (Å²) < 4.78 is 7.48. The Bertz CT molecular complexity index is 935. The number of hydrogen-bond donors (Lipinski definition) is 2. The van der Waals surface area contributed by atoms with Crippen molar-refractivity contribution in [3.63, 3.8) is 0 Å². The maximum Gasteiger partial charge on any atom is 0.191 e. The van der Waals surface area contributed by atoms with Crippen LogP contribution in [0.1, 0.15) is 22.0 Å². The summed E-state index contributed by atoms with van der Waals surface area (Å²) in [6.45, 7) is 5.80. The Hall–Kier alpha value is -2.68. The standard InChI is InChI=1S/C23H30N6OS/c1-24-23(25-16-19-5-2-6-20(15-19)18-29-9-4-8-27-29)26-17-21(22-7-3-14-31-22)28-10-12-30-13-11-28/h2-9,14-15,21H,10-13,16-18H2,1H3,(H2,24,25,26). The predicted octanol–water partition coefficient (Wildman–Crippen LogP) is 2.73. The molecule has 31 heavy (non-hydrogen) atoms. The van der Waals surface area contributed by atoms with E-state index in [0.29, 0.717) is 12.6 Å². The Morgan fingerprint density at radius 2 is 2.03 bits per heavy atom. The molecule has 0 spiro atoms. The molecular formula is C23H30N6OS. The van der Waals surface area contributed by atoms with Crippen molar-refractivity contribution in [3.8, 4) is 0 Å². The third-order valence-corrected chi connectivity index (χ3v) is 6.37. The Morgan fingerprint density at radius 1 is 1.16 bits per heavy atom. The van der Waals surface area contributed by atoms with E-state index < -0.39 is 0 Å². The van der Waals surface area contributed by atoms with E-state index >= 15 is 0 Å². The monoisotopic (exact) mass is 438 g/mol. The van der Waals surface area contributed by atoms with E-state index in [1.165, 1.54) is 16.0 Å². The van der Waals surface area contributed by atoms with Gasteiger partial charge in [0.05, 0.1) is 25.8 Å². The molecule has 4 rings (SSSR count). The molecule has 1 aromatic carbocycles. The third-order valence-electron chi connectivity index (χ3n) is 5.40. The minimum Gasteiger partial charge on any atom is -0.379 e. The van der Waals surface area contributed by atoms with Crippen molar-refractivity contribution in [1.82, 2.24) is 25.3 Å². The molecule has 7 nitrogen and oxygen atoms in total. The number of nitrogens with zero attached hydrogens (tertiary/aromatic N) is 4. The lowest BCUT2D eigenvalue weighted by Gasteiger charge is -2.34. The molecule has 2 N–H and O–H groups in total. The molecule has 1 aliphatic rings. The lowest BCUT2D eigenvalue weighted by Crippen LogP contribution is -2.46. The van der Waals surface area contributed by atoms with Gasteiger partial charge >= 0.3 is 0 Å². The van der Waals surface area contributed by atoms with Crippen molar-refractivity contribution >= 4 is 17.3 Å². The molecule has 3 aromatic rings. The van der Waals surface area contributed by atoms with E-state index in [9.17, 15) is 0 Å². The molecule has 2 aromatic heterocycles. The first-order valence-electron chi connectivity index (χ1n) is 10.7. The van der Waals surface area contributed by atoms with Gasteiger partial charge < -0.3 is 15.4 Å². The molecule has 3 heterocycles. The van der Waals surface area contributed by atoms with Gasteiger partial charge in [0.25, 0.3) is 0 Å². The Balaban J connectivity index is 1.33. The van der Waals surface area contributed by atoms with Crippen molar-refractivity contribution in [1.29, 1.82) is 0 Å². The Labute approximate surface area is 187 Å². The van der Waals surface area contributed by atoms with Gasteiger partial charge in [-0.15, -0.1) is 11.3 Å². The van der Waals surface area contributed by atoms with E-state index in [1.807, 2.05) is 35.3 Å². The number of aliphatic imine (C=N–C) groups is 1. The molecule has 1 aliphatic heterocycles. The fourth-order valence-corrected chi connectivity index (χ4v) is 4.66. The van der Waals surface area contributed by atoms with Crippen molar-refractivity contribution < 1.29 is 4.74 Å². The maximum atomic E-state index is 5.54. The number of benzene rings is 1. The minimum atomic E-state index is 0.319. The number of aromatic nitrogens is 2. The summed E-state index contributed by atoms with van der Waals surface area (Å²) in [5, 5.41) is 13.4. The molecule has 0 aliphatic carbocycles. The van der Waals surface area contributed by atoms with Crippen LogP contribution in [0.5, 0.6) is 0 Å². The van der Waals surface area contributed by atoms with Crippen LogP contribution in [0.3, 0.4) is 0 Å². The number of ether oxygens (including phenoxy) is 1. The summed E-state index contributed by atoms with van der Waals surface area (Å²) in [6, 6.07) is 15.2. The SMILES string of the molecule is CN=C(NCc1cccc(Cn2cccn2)c1)NCC(c1cccs1)N1CCOCC1. The number of rotatable bonds is 8. The normalized spacial score (nSPS) is 16.2. The predicted molar refractivity (Wildman–Crippen MR) is 125 cm³/mol. The molecule has 0 saturated carbocycles. The van der Waals surface area contributed by atoms with Gasteiger partial charge in [0, 0.05) is 50.5 Å². The lowest BCUT2D eigenvalue weighted by atomic mass is 10.1. The van der Waals surface area contributed by atoms with Crippen LogP contribution in [0.15, 0.2) is 65.2 Å². The highest BCUT2D eigenvalue weighted by molar-refractivity contribution is 7.10. The highest BCUT2D eigenvalue weighted by atomic mass is 32.1. The van der Waals surface area contributed by atoms with Crippen LogP contribution in [0.2, 0.25) is 0 Å². The van der Waals surface area contributed by atoms with Gasteiger partial charge in [-0.05, 0) is 28.6 Å². The minimum absolute atomic E-state index is 0.319. The van der Waals surface area contributed by atoms with Crippen molar-refractivity contribution in [2.45, 2.75) is 19.1 Å². The van der Waals surface area contributed by atoms with Gasteiger partial charge in [0.1, 0.15) is 0 Å². The van der Waals surface area contributed by atoms with Crippen LogP contribution < -0.4 is 10.6 Å². The van der Waals surface area contributed by atoms with Crippen LogP contribution in [-0.2, 0) is 17.8 Å². The number of nitrogens with one attached hydrogen (secondary N) is 2. The summed E-state index contributed by atoms with van der Waals surface area (Å²) in [5.41, 5.74) is 2.45. The molecule has 1 saturated heterocycles. The van der Waals surface area contributed by atoms with Gasteiger partial charge in [-0.1, -0.05) is 30.3 Å². The highest BCUT2D eigenvalue weighted by Gasteiger charge is 2.23. The third kappa shape index (κ3) is 6.16. The first-order chi connectivity index (χ1) is 15.3. The summed E-state index contributed by atoms with van der Waals surface area (Å²) in [6.07, 6.45) is 3.79. The Kier molecular flexibility index (Phi) is 7.71. The van der Waals surface area contributed by atoms with Crippen LogP contribution >= 0.6 is 11.3 Å². The molecule has 0 amide bonds. The maximum absolute atomic E-state index is 5.54. The number of guanidine groups is 1. The van der Waals surface area contributed by atoms with E-state index in [2.05, 4.69) is 67.4 Å². The van der Waals surface area contributed by atoms with Crippen LogP contribution in [0, 0.1) is 0 Å². The van der Waals surface area contributed by atoms with E-state index in [0.717, 1.165) is 45.4 Å². The highest BCUT2D eigenvalue weighted by Crippen LogP contribution is 2.25. The second kappa shape index (κ2) is 11.1. The molecule has 0 radical (unpaired) electrons. The smallest absolute Gasteiger partial charge is 0.191 e. The van der Waals surface area contributed by atoms with Crippen LogP contribution in [0.4, 0.5) is 0 Å². The van der Waals surface area contributed by atoms with E-state index in [-0.39, 0.29) is 0 Å². The second-order valence-corrected chi connectivity index (χ2v) is 8.49. The van der Waals surface area contributed by atoms with Gasteiger partial charge in [-0.2, -0.15) is 5.10 Å². The molecule has 164 valence electrons. The second-order valence-electron chi connectivity index (χ2n) is 7.51. The van der Waals surface area contributed by atoms with Crippen molar-refractivity contribution in [2.24, 2.45) is 4.99 Å². The Morgan fingerprint density at radius 3 is 2.77 bits per heavy atom. The molecule has 1 atom stereocenters. The van der Waals surface area contributed by atoms with Crippen LogP contribution in [-0.4, -0.2) is 60.5 Å². The lowest BCUT2D eigenvalue weighted by molar-refractivity contribution is 0.0177. The number of thiophene rings is 1. The van der Waals surface area contributed by atoms with Crippen molar-refractivity contribution in [2.75, 3.05) is 39.9 Å². The number of hydrogen-bond acceptors (Lipinski definition) is 5. The zero-order valence-electron chi connectivity index (χ0n) is 17.9. The van der Waals surface area contributed by atoms with Gasteiger partial charge in [0.15, 0.2) is 5.96 Å². The first-order valence-corrected chi connectivity index (χ1v) is 11.5. The topological polar surface area (TPSA) is 66.7 Å². The van der Waals surface area contributed by atoms with Gasteiger partial charge in [-0.25, -0.2) is 0 Å². The molecular weight excluding hydrogens is 408 g/mol. The zero-order valence-corrected chi connectivity index (χ0v) is 18.7. The largest absolute Gasteiger partial charge is 0.379 e. The summed E-state index contributed by atoms with van der Waals surface area (Å²) in [7, 11) is 1.82. The summed E-state index contributed by atoms with van der Waals surface area (Å²) in [5.74, 6) is 0.812. The average molecular weight is 439 g/mol. The van der Waals surface area contributed by atoms with Gasteiger partial charge in [0.2, 0.25) is 0 Å². The summed E-state index contributed by atoms with van der Waals surface area (Å²) in [4.78, 5) is 8.29. The van der Waals surface area contributed by atoms with Gasteiger partial charge in [-0.3, -0.25) is 14.6 Å². The molecule has 1 unspecified atom stereocenters. The van der Waals surface area contributed by atoms with E-state index in [1.54, 1.807) is 6.20 Å². The molecule has 8 heteroatoms.